The predicted octanol–water partition coefficient (Wildman–Crippen LogP) is 3.43. The first kappa shape index (κ1) is 29.9. The molecule has 1 unspecified atom stereocenters. The zero-order valence-electron chi connectivity index (χ0n) is 24.4. The van der Waals surface area contributed by atoms with Crippen LogP contribution in [0.5, 0.6) is 5.75 Å². The standard InChI is InChI=1S/C30H50N4O5/c1-36-22-20-31-12-8-25(9-13-31)24-29(26-10-14-32(15-11-26)21-23-37-2)39-30(35)34-18-16-33(17-19-34)27-4-6-28(38-3)7-5-27/h4-7,25-26,29H,8-24H2,1-3H3. The topological polar surface area (TPSA) is 67.0 Å². The quantitative estimate of drug-likeness (QED) is 0.395. The Morgan fingerprint density at radius 3 is 1.90 bits per heavy atom. The normalized spacial score (nSPS) is 21.2. The number of amides is 1. The Labute approximate surface area is 235 Å². The molecule has 0 bridgehead atoms. The van der Waals surface area contributed by atoms with Gasteiger partial charge in [-0.25, -0.2) is 4.79 Å². The lowest BCUT2D eigenvalue weighted by Gasteiger charge is -2.40. The summed E-state index contributed by atoms with van der Waals surface area (Å²) in [4.78, 5) is 22.6. The average Bonchev–Trinajstić information content (AvgIpc) is 2.99. The van der Waals surface area contributed by atoms with Gasteiger partial charge in [-0.2, -0.15) is 0 Å². The van der Waals surface area contributed by atoms with Gasteiger partial charge in [0, 0.05) is 59.2 Å². The van der Waals surface area contributed by atoms with Gasteiger partial charge in [-0.3, -0.25) is 0 Å². The van der Waals surface area contributed by atoms with Crippen molar-refractivity contribution < 1.29 is 23.7 Å². The Kier molecular flexibility index (Phi) is 12.0. The number of benzene rings is 1. The highest BCUT2D eigenvalue weighted by Gasteiger charge is 2.34. The van der Waals surface area contributed by atoms with Crippen LogP contribution in [0, 0.1) is 11.8 Å². The van der Waals surface area contributed by atoms with E-state index in [1.165, 1.54) is 18.5 Å². The summed E-state index contributed by atoms with van der Waals surface area (Å²) >= 11 is 0. The maximum absolute atomic E-state index is 13.4. The van der Waals surface area contributed by atoms with Gasteiger partial charge in [-0.1, -0.05) is 0 Å². The maximum Gasteiger partial charge on any atom is 0.410 e. The Balaban J connectivity index is 1.30. The Bertz CT molecular complexity index is 832. The number of carbonyl (C=O) groups excluding carboxylic acids is 1. The molecule has 39 heavy (non-hydrogen) atoms. The van der Waals surface area contributed by atoms with Gasteiger partial charge in [0.25, 0.3) is 0 Å². The van der Waals surface area contributed by atoms with Gasteiger partial charge in [-0.05, 0) is 94.4 Å². The molecule has 3 aliphatic rings. The van der Waals surface area contributed by atoms with Crippen molar-refractivity contribution >= 4 is 11.8 Å². The van der Waals surface area contributed by atoms with E-state index in [4.69, 9.17) is 18.9 Å². The molecule has 0 radical (unpaired) electrons. The number of anilines is 1. The number of rotatable bonds is 12. The second kappa shape index (κ2) is 15.6. The molecule has 220 valence electrons. The minimum absolute atomic E-state index is 0.00258. The average molecular weight is 547 g/mol. The molecule has 3 aliphatic heterocycles. The van der Waals surface area contributed by atoms with Gasteiger partial charge in [0.1, 0.15) is 11.9 Å². The third kappa shape index (κ3) is 8.96. The molecule has 3 saturated heterocycles. The molecular weight excluding hydrogens is 496 g/mol. The number of hydrogen-bond donors (Lipinski definition) is 0. The van der Waals surface area contributed by atoms with Crippen molar-refractivity contribution in [3.63, 3.8) is 0 Å². The van der Waals surface area contributed by atoms with E-state index in [-0.39, 0.29) is 12.2 Å². The number of ether oxygens (including phenoxy) is 4. The van der Waals surface area contributed by atoms with Crippen LogP contribution in [0.25, 0.3) is 0 Å². The maximum atomic E-state index is 13.4. The molecule has 4 rings (SSSR count). The van der Waals surface area contributed by atoms with Gasteiger partial charge < -0.3 is 38.5 Å². The molecule has 0 aliphatic carbocycles. The molecule has 9 heteroatoms. The summed E-state index contributed by atoms with van der Waals surface area (Å²) in [5, 5.41) is 0. The van der Waals surface area contributed by atoms with Crippen LogP contribution in [0.2, 0.25) is 0 Å². The number of nitrogens with zero attached hydrogens (tertiary/aromatic N) is 4. The molecule has 0 saturated carbocycles. The van der Waals surface area contributed by atoms with Gasteiger partial charge in [0.05, 0.1) is 20.3 Å². The van der Waals surface area contributed by atoms with Crippen LogP contribution < -0.4 is 9.64 Å². The molecule has 1 amide bonds. The van der Waals surface area contributed by atoms with Crippen molar-refractivity contribution in [1.82, 2.24) is 14.7 Å². The molecule has 0 aromatic heterocycles. The van der Waals surface area contributed by atoms with Crippen LogP contribution in [0.1, 0.15) is 32.1 Å². The molecule has 3 heterocycles. The highest BCUT2D eigenvalue weighted by atomic mass is 16.6. The summed E-state index contributed by atoms with van der Waals surface area (Å²) < 4.78 is 22.2. The lowest BCUT2D eigenvalue weighted by molar-refractivity contribution is -0.00578. The Morgan fingerprint density at radius 1 is 0.795 bits per heavy atom. The van der Waals surface area contributed by atoms with Crippen molar-refractivity contribution in [2.45, 2.75) is 38.2 Å². The lowest BCUT2D eigenvalue weighted by atomic mass is 9.83. The monoisotopic (exact) mass is 546 g/mol. The molecular formula is C30H50N4O5. The summed E-state index contributed by atoms with van der Waals surface area (Å²) in [6, 6.07) is 8.15. The fraction of sp³-hybridized carbons (Fsp3) is 0.767. The van der Waals surface area contributed by atoms with Crippen molar-refractivity contribution in [3.8, 4) is 5.75 Å². The minimum Gasteiger partial charge on any atom is -0.497 e. The SMILES string of the molecule is COCCN1CCC(CC(OC(=O)N2CCN(c3ccc(OC)cc3)CC2)C2CCN(CCOC)CC2)CC1. The highest BCUT2D eigenvalue weighted by Crippen LogP contribution is 2.31. The van der Waals surface area contributed by atoms with Crippen LogP contribution in [-0.4, -0.2) is 127 Å². The van der Waals surface area contributed by atoms with E-state index in [0.717, 1.165) is 90.6 Å². The first-order valence-electron chi connectivity index (χ1n) is 14.9. The number of piperidine rings is 2. The summed E-state index contributed by atoms with van der Waals surface area (Å²) in [7, 11) is 5.22. The largest absolute Gasteiger partial charge is 0.497 e. The van der Waals surface area contributed by atoms with Gasteiger partial charge in [0.15, 0.2) is 0 Å². The van der Waals surface area contributed by atoms with E-state index in [1.807, 2.05) is 17.0 Å². The minimum atomic E-state index is -0.131. The van der Waals surface area contributed by atoms with Gasteiger partial charge >= 0.3 is 6.09 Å². The number of carbonyl (C=O) groups is 1. The summed E-state index contributed by atoms with van der Waals surface area (Å²) in [5.74, 6) is 1.90. The molecule has 0 spiro atoms. The number of piperazine rings is 1. The first-order valence-corrected chi connectivity index (χ1v) is 14.9. The summed E-state index contributed by atoms with van der Waals surface area (Å²) in [6.07, 6.45) is 5.36. The van der Waals surface area contributed by atoms with Gasteiger partial charge in [0.2, 0.25) is 0 Å². The van der Waals surface area contributed by atoms with Crippen LogP contribution in [0.15, 0.2) is 24.3 Å². The van der Waals surface area contributed by atoms with E-state index in [2.05, 4.69) is 26.8 Å². The predicted molar refractivity (Wildman–Crippen MR) is 154 cm³/mol. The van der Waals surface area contributed by atoms with Crippen molar-refractivity contribution in [2.24, 2.45) is 11.8 Å². The number of methoxy groups -OCH3 is 3. The van der Waals surface area contributed by atoms with E-state index < -0.39 is 0 Å². The van der Waals surface area contributed by atoms with Crippen LogP contribution in [-0.2, 0) is 14.2 Å². The fourth-order valence-corrected chi connectivity index (χ4v) is 6.24. The zero-order valence-corrected chi connectivity index (χ0v) is 24.4. The van der Waals surface area contributed by atoms with E-state index in [1.54, 1.807) is 21.3 Å². The smallest absolute Gasteiger partial charge is 0.410 e. The van der Waals surface area contributed by atoms with Crippen molar-refractivity contribution in [1.29, 1.82) is 0 Å². The molecule has 1 aromatic carbocycles. The molecule has 3 fully saturated rings. The molecule has 1 atom stereocenters. The van der Waals surface area contributed by atoms with E-state index in [9.17, 15) is 4.79 Å². The zero-order chi connectivity index (χ0) is 27.5. The van der Waals surface area contributed by atoms with E-state index in [0.29, 0.717) is 24.9 Å². The number of likely N-dealkylation sites (tertiary alicyclic amines) is 2. The van der Waals surface area contributed by atoms with Crippen LogP contribution in [0.3, 0.4) is 0 Å². The van der Waals surface area contributed by atoms with Crippen molar-refractivity contribution in [3.05, 3.63) is 24.3 Å². The second-order valence-corrected chi connectivity index (χ2v) is 11.3. The second-order valence-electron chi connectivity index (χ2n) is 11.3. The molecule has 1 aromatic rings. The number of hydrogen-bond acceptors (Lipinski definition) is 8. The Morgan fingerprint density at radius 2 is 1.36 bits per heavy atom. The van der Waals surface area contributed by atoms with Crippen molar-refractivity contribution in [2.75, 3.05) is 105 Å². The van der Waals surface area contributed by atoms with Gasteiger partial charge in [-0.15, -0.1) is 0 Å². The fourth-order valence-electron chi connectivity index (χ4n) is 6.24. The van der Waals surface area contributed by atoms with E-state index >= 15 is 0 Å². The van der Waals surface area contributed by atoms with Crippen LogP contribution in [0.4, 0.5) is 10.5 Å². The summed E-state index contributed by atoms with van der Waals surface area (Å²) in [5.41, 5.74) is 1.17. The highest BCUT2D eigenvalue weighted by molar-refractivity contribution is 5.68. The Hall–Kier alpha value is -2.07. The molecule has 0 N–H and O–H groups in total. The third-order valence-electron chi connectivity index (χ3n) is 8.88. The molecule has 9 nitrogen and oxygen atoms in total. The summed E-state index contributed by atoms with van der Waals surface area (Å²) in [6.45, 7) is 10.9. The first-order chi connectivity index (χ1) is 19.1. The van der Waals surface area contributed by atoms with Crippen LogP contribution >= 0.6 is 0 Å². The lowest BCUT2D eigenvalue weighted by Crippen LogP contribution is -2.50. The third-order valence-corrected chi connectivity index (χ3v) is 8.88.